The largest absolute Gasteiger partial charge is 0.375 e. The summed E-state index contributed by atoms with van der Waals surface area (Å²) in [5, 5.41) is 3.49. The van der Waals surface area contributed by atoms with Crippen LogP contribution in [0.2, 0.25) is 0 Å². The topological polar surface area (TPSA) is 21.3 Å². The van der Waals surface area contributed by atoms with E-state index in [9.17, 15) is 0 Å². The Morgan fingerprint density at radius 3 is 2.57 bits per heavy atom. The Morgan fingerprint density at radius 1 is 1.36 bits per heavy atom. The highest BCUT2D eigenvalue weighted by Gasteiger charge is 2.21. The van der Waals surface area contributed by atoms with Crippen molar-refractivity contribution in [2.45, 2.75) is 71.1 Å². The first kappa shape index (κ1) is 12.0. The highest BCUT2D eigenvalue weighted by Crippen LogP contribution is 2.24. The Balaban J connectivity index is 2.02. The molecule has 1 N–H and O–H groups in total. The van der Waals surface area contributed by atoms with Gasteiger partial charge in [-0.2, -0.15) is 0 Å². The minimum Gasteiger partial charge on any atom is -0.375 e. The second-order valence-electron chi connectivity index (χ2n) is 4.59. The number of ether oxygens (including phenoxy) is 1. The third kappa shape index (κ3) is 4.43. The van der Waals surface area contributed by atoms with Crippen LogP contribution < -0.4 is 5.32 Å². The number of hydrogen-bond donors (Lipinski definition) is 1. The van der Waals surface area contributed by atoms with Crippen LogP contribution in [0.15, 0.2) is 0 Å². The van der Waals surface area contributed by atoms with Crippen molar-refractivity contribution < 1.29 is 4.74 Å². The van der Waals surface area contributed by atoms with Gasteiger partial charge >= 0.3 is 0 Å². The highest BCUT2D eigenvalue weighted by molar-refractivity contribution is 4.72. The molecule has 0 radical (unpaired) electrons. The number of nitrogens with one attached hydrogen (secondary N) is 1. The predicted molar refractivity (Wildman–Crippen MR) is 60.6 cm³/mol. The molecule has 1 aliphatic carbocycles. The summed E-state index contributed by atoms with van der Waals surface area (Å²) < 4.78 is 5.90. The van der Waals surface area contributed by atoms with Crippen LogP contribution in [0.3, 0.4) is 0 Å². The molecule has 84 valence electrons. The van der Waals surface area contributed by atoms with Gasteiger partial charge in [0.25, 0.3) is 0 Å². The maximum absolute atomic E-state index is 5.90. The smallest absolute Gasteiger partial charge is 0.0578 e. The van der Waals surface area contributed by atoms with Gasteiger partial charge in [-0.3, -0.25) is 0 Å². The van der Waals surface area contributed by atoms with Gasteiger partial charge in [0.05, 0.1) is 12.2 Å². The summed E-state index contributed by atoms with van der Waals surface area (Å²) in [6, 6.07) is 0.588. The van der Waals surface area contributed by atoms with Crippen LogP contribution in [0.4, 0.5) is 0 Å². The Kier molecular flexibility index (Phi) is 5.49. The van der Waals surface area contributed by atoms with Crippen LogP contribution >= 0.6 is 0 Å². The van der Waals surface area contributed by atoms with Crippen LogP contribution in [0.5, 0.6) is 0 Å². The first-order chi connectivity index (χ1) is 6.72. The molecule has 0 saturated heterocycles. The summed E-state index contributed by atoms with van der Waals surface area (Å²) in [6.07, 6.45) is 7.25. The first-order valence-corrected chi connectivity index (χ1v) is 6.11. The third-order valence-corrected chi connectivity index (χ3v) is 2.91. The molecule has 2 unspecified atom stereocenters. The van der Waals surface area contributed by atoms with Crippen LogP contribution in [0.25, 0.3) is 0 Å². The molecule has 0 aromatic carbocycles. The van der Waals surface area contributed by atoms with Crippen molar-refractivity contribution in [3.05, 3.63) is 0 Å². The first-order valence-electron chi connectivity index (χ1n) is 6.11. The maximum atomic E-state index is 5.90. The molecular weight excluding hydrogens is 174 g/mol. The monoisotopic (exact) mass is 199 g/mol. The van der Waals surface area contributed by atoms with E-state index in [0.29, 0.717) is 18.2 Å². The molecule has 0 heterocycles. The summed E-state index contributed by atoms with van der Waals surface area (Å²) in [4.78, 5) is 0. The average molecular weight is 199 g/mol. The standard InChI is InChI=1S/C12H25NO/c1-4-8-13-10(2)9-11(3)14-12-6-5-7-12/h10-13H,4-9H2,1-3H3. The van der Waals surface area contributed by atoms with Gasteiger partial charge in [-0.15, -0.1) is 0 Å². The fourth-order valence-electron chi connectivity index (χ4n) is 1.86. The van der Waals surface area contributed by atoms with Gasteiger partial charge in [0, 0.05) is 6.04 Å². The summed E-state index contributed by atoms with van der Waals surface area (Å²) in [6.45, 7) is 7.77. The van der Waals surface area contributed by atoms with Crippen molar-refractivity contribution in [3.63, 3.8) is 0 Å². The van der Waals surface area contributed by atoms with E-state index in [1.807, 2.05) is 0 Å². The molecule has 2 heteroatoms. The van der Waals surface area contributed by atoms with E-state index < -0.39 is 0 Å². The Hall–Kier alpha value is -0.0800. The van der Waals surface area contributed by atoms with Gasteiger partial charge in [0.15, 0.2) is 0 Å². The van der Waals surface area contributed by atoms with Crippen molar-refractivity contribution in [2.24, 2.45) is 0 Å². The molecule has 1 rings (SSSR count). The minimum atomic E-state index is 0.416. The van der Waals surface area contributed by atoms with E-state index in [2.05, 4.69) is 26.1 Å². The quantitative estimate of drug-likeness (QED) is 0.680. The van der Waals surface area contributed by atoms with Crippen LogP contribution in [-0.4, -0.2) is 24.8 Å². The fourth-order valence-corrected chi connectivity index (χ4v) is 1.86. The van der Waals surface area contributed by atoms with Crippen LogP contribution in [-0.2, 0) is 4.74 Å². The number of rotatable bonds is 7. The second-order valence-corrected chi connectivity index (χ2v) is 4.59. The van der Waals surface area contributed by atoms with Gasteiger partial charge < -0.3 is 10.1 Å². The highest BCUT2D eigenvalue weighted by atomic mass is 16.5. The molecule has 0 amide bonds. The molecule has 14 heavy (non-hydrogen) atoms. The van der Waals surface area contributed by atoms with Gasteiger partial charge in [-0.25, -0.2) is 0 Å². The number of hydrogen-bond acceptors (Lipinski definition) is 2. The summed E-state index contributed by atoms with van der Waals surface area (Å²) in [5.41, 5.74) is 0. The van der Waals surface area contributed by atoms with Crippen LogP contribution in [0.1, 0.15) is 52.9 Å². The third-order valence-electron chi connectivity index (χ3n) is 2.91. The molecule has 1 fully saturated rings. The van der Waals surface area contributed by atoms with Crippen molar-refractivity contribution >= 4 is 0 Å². The predicted octanol–water partition coefficient (Wildman–Crippen LogP) is 2.72. The molecule has 0 bridgehead atoms. The average Bonchev–Trinajstić information content (AvgIpc) is 2.08. The molecule has 0 spiro atoms. The van der Waals surface area contributed by atoms with E-state index in [0.717, 1.165) is 13.0 Å². The Labute approximate surface area is 88.4 Å². The van der Waals surface area contributed by atoms with E-state index in [-0.39, 0.29) is 0 Å². The molecule has 1 saturated carbocycles. The van der Waals surface area contributed by atoms with Gasteiger partial charge in [-0.1, -0.05) is 6.92 Å². The maximum Gasteiger partial charge on any atom is 0.0578 e. The lowest BCUT2D eigenvalue weighted by Gasteiger charge is -2.30. The minimum absolute atomic E-state index is 0.416. The normalized spacial score (nSPS) is 21.6. The fraction of sp³-hybridized carbons (Fsp3) is 1.00. The lowest BCUT2D eigenvalue weighted by Crippen LogP contribution is -2.33. The van der Waals surface area contributed by atoms with Gasteiger partial charge in [0.1, 0.15) is 0 Å². The molecule has 2 atom stereocenters. The van der Waals surface area contributed by atoms with Gasteiger partial charge in [0.2, 0.25) is 0 Å². The van der Waals surface area contributed by atoms with E-state index in [1.165, 1.54) is 25.7 Å². The molecule has 2 nitrogen and oxygen atoms in total. The zero-order valence-electron chi connectivity index (χ0n) is 9.88. The molecule has 0 aromatic heterocycles. The molecular formula is C12H25NO. The second kappa shape index (κ2) is 6.41. The summed E-state index contributed by atoms with van der Waals surface area (Å²) in [5.74, 6) is 0. The summed E-state index contributed by atoms with van der Waals surface area (Å²) in [7, 11) is 0. The van der Waals surface area contributed by atoms with Gasteiger partial charge in [-0.05, 0) is 52.5 Å². The van der Waals surface area contributed by atoms with Crippen molar-refractivity contribution in [2.75, 3.05) is 6.54 Å². The van der Waals surface area contributed by atoms with Crippen molar-refractivity contribution in [1.29, 1.82) is 0 Å². The van der Waals surface area contributed by atoms with Crippen molar-refractivity contribution in [1.82, 2.24) is 5.32 Å². The zero-order valence-corrected chi connectivity index (χ0v) is 9.88. The Morgan fingerprint density at radius 2 is 2.07 bits per heavy atom. The molecule has 1 aliphatic rings. The lowest BCUT2D eigenvalue weighted by molar-refractivity contribution is -0.0486. The molecule has 0 aromatic rings. The van der Waals surface area contributed by atoms with E-state index >= 15 is 0 Å². The lowest BCUT2D eigenvalue weighted by atomic mass is 9.96. The van der Waals surface area contributed by atoms with Crippen molar-refractivity contribution in [3.8, 4) is 0 Å². The zero-order chi connectivity index (χ0) is 10.4. The SMILES string of the molecule is CCCNC(C)CC(C)OC1CCC1. The van der Waals surface area contributed by atoms with E-state index in [1.54, 1.807) is 0 Å². The Bertz CT molecular complexity index is 145. The summed E-state index contributed by atoms with van der Waals surface area (Å²) >= 11 is 0. The van der Waals surface area contributed by atoms with E-state index in [4.69, 9.17) is 4.74 Å². The molecule has 0 aliphatic heterocycles. The van der Waals surface area contributed by atoms with Crippen LogP contribution in [0, 0.1) is 0 Å².